The highest BCUT2D eigenvalue weighted by molar-refractivity contribution is 14.1. The van der Waals surface area contributed by atoms with Gasteiger partial charge in [-0.05, 0) is 22.6 Å². The van der Waals surface area contributed by atoms with Crippen molar-refractivity contribution in [2.24, 2.45) is 0 Å². The normalized spacial score (nSPS) is 12.0. The average Bonchev–Trinajstić information content (AvgIpc) is 1.96. The molecule has 0 saturated heterocycles. The molecule has 0 spiro atoms. The van der Waals surface area contributed by atoms with Crippen molar-refractivity contribution in [3.63, 3.8) is 0 Å². The van der Waals surface area contributed by atoms with Crippen LogP contribution in [0, 0.1) is 3.57 Å². The SMILES string of the molecule is FC(F)c1c(I)cc(OC(F)(F)F)nc1Cl. The molecule has 2 nitrogen and oxygen atoms in total. The van der Waals surface area contributed by atoms with Crippen molar-refractivity contribution >= 4 is 34.2 Å². The lowest BCUT2D eigenvalue weighted by Crippen LogP contribution is -2.18. The summed E-state index contributed by atoms with van der Waals surface area (Å²) in [6, 6.07) is 0.738. The number of halogens is 7. The molecule has 0 fully saturated rings. The van der Waals surface area contributed by atoms with E-state index in [1.165, 1.54) is 22.6 Å². The summed E-state index contributed by atoms with van der Waals surface area (Å²) in [6.45, 7) is 0. The van der Waals surface area contributed by atoms with Crippen molar-refractivity contribution in [1.82, 2.24) is 4.98 Å². The summed E-state index contributed by atoms with van der Waals surface area (Å²) in [6.07, 6.45) is -7.85. The fourth-order valence-electron chi connectivity index (χ4n) is 0.839. The van der Waals surface area contributed by atoms with E-state index in [4.69, 9.17) is 11.6 Å². The first-order chi connectivity index (χ1) is 7.20. The second-order valence-electron chi connectivity index (χ2n) is 2.50. The van der Waals surface area contributed by atoms with Crippen LogP contribution in [0.3, 0.4) is 0 Å². The van der Waals surface area contributed by atoms with Gasteiger partial charge in [0.2, 0.25) is 5.88 Å². The Kier molecular flexibility index (Phi) is 4.16. The maximum absolute atomic E-state index is 12.4. The van der Waals surface area contributed by atoms with E-state index in [0.717, 1.165) is 6.07 Å². The molecule has 1 aromatic heterocycles. The van der Waals surface area contributed by atoms with Crippen LogP contribution in [0.25, 0.3) is 0 Å². The quantitative estimate of drug-likeness (QED) is 0.441. The lowest BCUT2D eigenvalue weighted by molar-refractivity contribution is -0.276. The molecular weight excluding hydrogens is 371 g/mol. The summed E-state index contributed by atoms with van der Waals surface area (Å²) < 4.78 is 63.5. The third-order valence-corrected chi connectivity index (χ3v) is 2.56. The molecule has 0 N–H and O–H groups in total. The highest BCUT2D eigenvalue weighted by atomic mass is 127. The molecule has 0 aliphatic carbocycles. The van der Waals surface area contributed by atoms with Gasteiger partial charge in [0, 0.05) is 9.64 Å². The molecule has 0 amide bonds. The summed E-state index contributed by atoms with van der Waals surface area (Å²) >= 11 is 6.74. The van der Waals surface area contributed by atoms with Gasteiger partial charge in [0.25, 0.3) is 6.43 Å². The van der Waals surface area contributed by atoms with Crippen LogP contribution in [-0.4, -0.2) is 11.3 Å². The number of nitrogens with zero attached hydrogens (tertiary/aromatic N) is 1. The topological polar surface area (TPSA) is 22.1 Å². The zero-order valence-corrected chi connectivity index (χ0v) is 10.1. The van der Waals surface area contributed by atoms with E-state index in [1.807, 2.05) is 0 Å². The van der Waals surface area contributed by atoms with Gasteiger partial charge in [-0.25, -0.2) is 13.8 Å². The first-order valence-corrected chi connectivity index (χ1v) is 5.06. The second-order valence-corrected chi connectivity index (χ2v) is 4.02. The third kappa shape index (κ3) is 3.58. The van der Waals surface area contributed by atoms with Crippen LogP contribution in [0.4, 0.5) is 22.0 Å². The lowest BCUT2D eigenvalue weighted by atomic mass is 10.3. The molecule has 0 aliphatic heterocycles. The molecule has 0 aliphatic rings. The van der Waals surface area contributed by atoms with E-state index in [0.29, 0.717) is 0 Å². The number of hydrogen-bond acceptors (Lipinski definition) is 2. The van der Waals surface area contributed by atoms with Crippen molar-refractivity contribution in [1.29, 1.82) is 0 Å². The van der Waals surface area contributed by atoms with E-state index in [2.05, 4.69) is 9.72 Å². The molecule has 0 aromatic carbocycles. The molecule has 0 radical (unpaired) electrons. The Hall–Kier alpha value is -0.380. The number of rotatable bonds is 2. The minimum atomic E-state index is -4.94. The highest BCUT2D eigenvalue weighted by Gasteiger charge is 2.32. The summed E-state index contributed by atoms with van der Waals surface area (Å²) in [5.41, 5.74) is -0.614. The number of alkyl halides is 5. The van der Waals surface area contributed by atoms with Crippen LogP contribution < -0.4 is 4.74 Å². The number of aromatic nitrogens is 1. The largest absolute Gasteiger partial charge is 0.574 e. The lowest BCUT2D eigenvalue weighted by Gasteiger charge is -2.11. The van der Waals surface area contributed by atoms with Crippen LogP contribution in [0.1, 0.15) is 12.0 Å². The van der Waals surface area contributed by atoms with Gasteiger partial charge in [0.15, 0.2) is 0 Å². The Morgan fingerprint density at radius 3 is 2.31 bits per heavy atom. The smallest absolute Gasteiger partial charge is 0.388 e. The molecule has 9 heteroatoms. The number of hydrogen-bond donors (Lipinski definition) is 0. The summed E-state index contributed by atoms with van der Waals surface area (Å²) in [7, 11) is 0. The van der Waals surface area contributed by atoms with E-state index in [1.54, 1.807) is 0 Å². The first kappa shape index (κ1) is 13.7. The minimum Gasteiger partial charge on any atom is -0.388 e. The predicted octanol–water partition coefficient (Wildman–Crippen LogP) is 4.18. The fraction of sp³-hybridized carbons (Fsp3) is 0.286. The van der Waals surface area contributed by atoms with Crippen molar-refractivity contribution < 1.29 is 26.7 Å². The van der Waals surface area contributed by atoms with E-state index in [-0.39, 0.29) is 3.57 Å². The maximum Gasteiger partial charge on any atom is 0.574 e. The molecule has 0 saturated carbocycles. The molecule has 0 unspecified atom stereocenters. The average molecular weight is 373 g/mol. The van der Waals surface area contributed by atoms with Gasteiger partial charge in [-0.3, -0.25) is 0 Å². The van der Waals surface area contributed by atoms with E-state index < -0.39 is 29.4 Å². The first-order valence-electron chi connectivity index (χ1n) is 3.60. The second kappa shape index (κ2) is 4.86. The number of ether oxygens (including phenoxy) is 1. The van der Waals surface area contributed by atoms with Gasteiger partial charge in [-0.15, -0.1) is 13.2 Å². The van der Waals surface area contributed by atoms with Gasteiger partial charge < -0.3 is 4.74 Å². The Labute approximate surface area is 105 Å². The Bertz CT molecular complexity index is 374. The van der Waals surface area contributed by atoms with Crippen molar-refractivity contribution in [3.8, 4) is 5.88 Å². The van der Waals surface area contributed by atoms with Crippen LogP contribution in [0.15, 0.2) is 6.07 Å². The summed E-state index contributed by atoms with van der Waals surface area (Å²) in [4.78, 5) is 3.08. The van der Waals surface area contributed by atoms with Crippen molar-refractivity contribution in [2.45, 2.75) is 12.8 Å². The molecule has 0 bridgehead atoms. The van der Waals surface area contributed by atoms with Crippen LogP contribution in [0.5, 0.6) is 5.88 Å². The van der Waals surface area contributed by atoms with Gasteiger partial charge in [-0.1, -0.05) is 11.6 Å². The maximum atomic E-state index is 12.4. The van der Waals surface area contributed by atoms with Crippen LogP contribution >= 0.6 is 34.2 Å². The standard InChI is InChI=1S/C7H2ClF5INO/c8-5-4(6(9)10)2(14)1-3(15-5)16-7(11,12)13/h1,6H. The summed E-state index contributed by atoms with van der Waals surface area (Å²) in [5.74, 6) is -0.869. The molecule has 1 rings (SSSR count). The molecule has 16 heavy (non-hydrogen) atoms. The van der Waals surface area contributed by atoms with Crippen molar-refractivity contribution in [3.05, 3.63) is 20.4 Å². The fourth-order valence-corrected chi connectivity index (χ4v) is 2.02. The van der Waals surface area contributed by atoms with Gasteiger partial charge in [0.05, 0.1) is 5.56 Å². The summed E-state index contributed by atoms with van der Waals surface area (Å²) in [5, 5.41) is -0.707. The third-order valence-electron chi connectivity index (χ3n) is 1.38. The van der Waals surface area contributed by atoms with Gasteiger partial charge in [0.1, 0.15) is 5.15 Å². The molecule has 1 heterocycles. The Morgan fingerprint density at radius 1 is 1.38 bits per heavy atom. The Morgan fingerprint density at radius 2 is 1.94 bits per heavy atom. The predicted molar refractivity (Wildman–Crippen MR) is 53.6 cm³/mol. The molecular formula is C7H2ClF5INO. The zero-order chi connectivity index (χ0) is 12.5. The van der Waals surface area contributed by atoms with E-state index >= 15 is 0 Å². The number of pyridine rings is 1. The Balaban J connectivity index is 3.10. The zero-order valence-electron chi connectivity index (χ0n) is 7.16. The van der Waals surface area contributed by atoms with Gasteiger partial charge >= 0.3 is 6.36 Å². The van der Waals surface area contributed by atoms with Crippen LogP contribution in [-0.2, 0) is 0 Å². The molecule has 1 aromatic rings. The van der Waals surface area contributed by atoms with Crippen molar-refractivity contribution in [2.75, 3.05) is 0 Å². The van der Waals surface area contributed by atoms with Gasteiger partial charge in [-0.2, -0.15) is 0 Å². The molecule has 90 valence electrons. The monoisotopic (exact) mass is 373 g/mol. The molecule has 0 atom stereocenters. The highest BCUT2D eigenvalue weighted by Crippen LogP contribution is 2.33. The van der Waals surface area contributed by atoms with E-state index in [9.17, 15) is 22.0 Å². The minimum absolute atomic E-state index is 0.146. The van der Waals surface area contributed by atoms with Crippen LogP contribution in [0.2, 0.25) is 5.15 Å².